The Morgan fingerprint density at radius 3 is 1.88 bits per heavy atom. The zero-order valence-electron chi connectivity index (χ0n) is 11.2. The minimum Gasteiger partial charge on any atom is -0.364 e. The number of aryl methyl sites for hydroxylation is 2. The van der Waals surface area contributed by atoms with Gasteiger partial charge in [0.2, 0.25) is 5.91 Å². The molecular weight excluding hydrogens is 214 g/mol. The minimum absolute atomic E-state index is 0.0677. The van der Waals surface area contributed by atoms with E-state index >= 15 is 0 Å². The fourth-order valence-electron chi connectivity index (χ4n) is 1.42. The number of hydrogen-bond acceptors (Lipinski definition) is 2. The quantitative estimate of drug-likeness (QED) is 0.817. The largest absolute Gasteiger partial charge is 0.364 e. The molecule has 0 bridgehead atoms. The van der Waals surface area contributed by atoms with Crippen LogP contribution in [-0.4, -0.2) is 19.7 Å². The van der Waals surface area contributed by atoms with E-state index in [0.29, 0.717) is 6.73 Å². The summed E-state index contributed by atoms with van der Waals surface area (Å²) in [6.07, 6.45) is 2.31. The maximum atomic E-state index is 10.0. The standard InChI is InChI=1S/C10H14.C4H9NO2/c1-3-9-7-5-6-8-10(9)4-2;1-4(6)5-3-7-2/h5-8H,3-4H2,1-2H3;3H2,1-2H3,(H,5,6). The third kappa shape index (κ3) is 7.53. The fourth-order valence-corrected chi connectivity index (χ4v) is 1.42. The summed E-state index contributed by atoms with van der Waals surface area (Å²) in [6.45, 7) is 6.15. The lowest BCUT2D eigenvalue weighted by atomic mass is 10.0. The Morgan fingerprint density at radius 1 is 1.18 bits per heavy atom. The van der Waals surface area contributed by atoms with Crippen LogP contribution in [0.3, 0.4) is 0 Å². The number of ether oxygens (including phenoxy) is 1. The molecule has 0 aliphatic carbocycles. The molecule has 3 nitrogen and oxygen atoms in total. The zero-order chi connectivity index (χ0) is 13.1. The Morgan fingerprint density at radius 2 is 1.65 bits per heavy atom. The van der Waals surface area contributed by atoms with Crippen LogP contribution in [0, 0.1) is 0 Å². The topological polar surface area (TPSA) is 38.3 Å². The van der Waals surface area contributed by atoms with Gasteiger partial charge in [0.1, 0.15) is 6.73 Å². The van der Waals surface area contributed by atoms with Crippen molar-refractivity contribution >= 4 is 5.91 Å². The second kappa shape index (κ2) is 9.85. The van der Waals surface area contributed by atoms with Crippen LogP contribution in [0.15, 0.2) is 24.3 Å². The molecule has 17 heavy (non-hydrogen) atoms. The van der Waals surface area contributed by atoms with E-state index in [2.05, 4.69) is 48.2 Å². The molecule has 1 aromatic carbocycles. The van der Waals surface area contributed by atoms with Gasteiger partial charge in [0.25, 0.3) is 0 Å². The molecule has 0 spiro atoms. The van der Waals surface area contributed by atoms with Crippen LogP contribution < -0.4 is 5.32 Å². The van der Waals surface area contributed by atoms with Crippen LogP contribution in [0.1, 0.15) is 31.9 Å². The Bertz CT molecular complexity index is 301. The van der Waals surface area contributed by atoms with E-state index in [9.17, 15) is 4.79 Å². The monoisotopic (exact) mass is 237 g/mol. The molecule has 0 aliphatic heterocycles. The van der Waals surface area contributed by atoms with Crippen molar-refractivity contribution < 1.29 is 9.53 Å². The molecule has 1 amide bonds. The van der Waals surface area contributed by atoms with Gasteiger partial charge in [-0.05, 0) is 24.0 Å². The van der Waals surface area contributed by atoms with E-state index in [4.69, 9.17) is 0 Å². The van der Waals surface area contributed by atoms with Gasteiger partial charge in [-0.2, -0.15) is 0 Å². The minimum atomic E-state index is -0.0677. The first-order valence-electron chi connectivity index (χ1n) is 5.95. The first kappa shape index (κ1) is 15.7. The highest BCUT2D eigenvalue weighted by Gasteiger charge is 1.93. The smallest absolute Gasteiger partial charge is 0.218 e. The van der Waals surface area contributed by atoms with E-state index in [1.165, 1.54) is 25.2 Å². The molecule has 0 atom stereocenters. The molecule has 0 heterocycles. The van der Waals surface area contributed by atoms with Crippen molar-refractivity contribution in [2.45, 2.75) is 33.6 Å². The lowest BCUT2D eigenvalue weighted by Crippen LogP contribution is -2.21. The van der Waals surface area contributed by atoms with Crippen LogP contribution in [0.2, 0.25) is 0 Å². The van der Waals surface area contributed by atoms with Gasteiger partial charge in [-0.3, -0.25) is 4.79 Å². The summed E-state index contributed by atoms with van der Waals surface area (Å²) in [4.78, 5) is 10.0. The summed E-state index contributed by atoms with van der Waals surface area (Å²) in [6, 6.07) is 8.63. The predicted molar refractivity (Wildman–Crippen MR) is 70.9 cm³/mol. The predicted octanol–water partition coefficient (Wildman–Crippen LogP) is 2.54. The Balaban J connectivity index is 0.000000325. The summed E-state index contributed by atoms with van der Waals surface area (Å²) in [5.41, 5.74) is 2.98. The van der Waals surface area contributed by atoms with E-state index in [1.807, 2.05) is 0 Å². The second-order valence-corrected chi connectivity index (χ2v) is 3.64. The van der Waals surface area contributed by atoms with Crippen LogP contribution in [0.4, 0.5) is 0 Å². The van der Waals surface area contributed by atoms with Gasteiger partial charge in [-0.15, -0.1) is 0 Å². The Hall–Kier alpha value is -1.35. The van der Waals surface area contributed by atoms with Crippen molar-refractivity contribution in [3.8, 4) is 0 Å². The normalized spacial score (nSPS) is 9.18. The summed E-state index contributed by atoms with van der Waals surface area (Å²) >= 11 is 0. The molecule has 0 saturated carbocycles. The molecule has 0 saturated heterocycles. The zero-order valence-corrected chi connectivity index (χ0v) is 11.2. The molecule has 96 valence electrons. The second-order valence-electron chi connectivity index (χ2n) is 3.64. The molecule has 1 aromatic rings. The molecule has 0 radical (unpaired) electrons. The third-order valence-corrected chi connectivity index (χ3v) is 2.35. The van der Waals surface area contributed by atoms with Crippen molar-refractivity contribution in [1.29, 1.82) is 0 Å². The van der Waals surface area contributed by atoms with Gasteiger partial charge >= 0.3 is 0 Å². The number of carbonyl (C=O) groups excluding carboxylic acids is 1. The van der Waals surface area contributed by atoms with Crippen LogP contribution >= 0.6 is 0 Å². The number of hydrogen-bond donors (Lipinski definition) is 1. The average Bonchev–Trinajstić information content (AvgIpc) is 2.36. The fraction of sp³-hybridized carbons (Fsp3) is 0.500. The number of rotatable bonds is 4. The number of amides is 1. The van der Waals surface area contributed by atoms with Gasteiger partial charge in [-0.25, -0.2) is 0 Å². The molecule has 0 unspecified atom stereocenters. The summed E-state index contributed by atoms with van der Waals surface area (Å²) in [7, 11) is 1.52. The summed E-state index contributed by atoms with van der Waals surface area (Å²) in [5, 5.41) is 2.43. The van der Waals surface area contributed by atoms with Gasteiger partial charge in [-0.1, -0.05) is 38.1 Å². The van der Waals surface area contributed by atoms with Gasteiger partial charge in [0.15, 0.2) is 0 Å². The highest BCUT2D eigenvalue weighted by atomic mass is 16.5. The number of benzene rings is 1. The van der Waals surface area contributed by atoms with Crippen molar-refractivity contribution in [2.75, 3.05) is 13.8 Å². The van der Waals surface area contributed by atoms with Crippen LogP contribution in [0.25, 0.3) is 0 Å². The lowest BCUT2D eigenvalue weighted by Gasteiger charge is -2.02. The first-order chi connectivity index (χ1) is 8.15. The van der Waals surface area contributed by atoms with Crippen molar-refractivity contribution in [3.05, 3.63) is 35.4 Å². The third-order valence-electron chi connectivity index (χ3n) is 2.35. The first-order valence-corrected chi connectivity index (χ1v) is 5.95. The van der Waals surface area contributed by atoms with Crippen molar-refractivity contribution in [2.24, 2.45) is 0 Å². The van der Waals surface area contributed by atoms with Gasteiger partial charge in [0, 0.05) is 14.0 Å². The van der Waals surface area contributed by atoms with Gasteiger partial charge < -0.3 is 10.1 Å². The molecule has 1 N–H and O–H groups in total. The van der Waals surface area contributed by atoms with Crippen molar-refractivity contribution in [1.82, 2.24) is 5.32 Å². The average molecular weight is 237 g/mol. The van der Waals surface area contributed by atoms with E-state index in [0.717, 1.165) is 12.8 Å². The van der Waals surface area contributed by atoms with Crippen molar-refractivity contribution in [3.63, 3.8) is 0 Å². The van der Waals surface area contributed by atoms with E-state index in [1.54, 1.807) is 0 Å². The molecule has 0 fully saturated rings. The Kier molecular flexibility index (Phi) is 9.06. The maximum Gasteiger partial charge on any atom is 0.218 e. The molecule has 3 heteroatoms. The maximum absolute atomic E-state index is 10.0. The molecule has 1 rings (SSSR count). The lowest BCUT2D eigenvalue weighted by molar-refractivity contribution is -0.120. The van der Waals surface area contributed by atoms with Gasteiger partial charge in [0.05, 0.1) is 0 Å². The van der Waals surface area contributed by atoms with Crippen LogP contribution in [0.5, 0.6) is 0 Å². The number of nitrogens with one attached hydrogen (secondary N) is 1. The van der Waals surface area contributed by atoms with E-state index in [-0.39, 0.29) is 5.91 Å². The number of carbonyl (C=O) groups is 1. The van der Waals surface area contributed by atoms with E-state index < -0.39 is 0 Å². The molecule has 0 aromatic heterocycles. The summed E-state index contributed by atoms with van der Waals surface area (Å²) in [5.74, 6) is -0.0677. The molecule has 0 aliphatic rings. The number of methoxy groups -OCH3 is 1. The highest BCUT2D eigenvalue weighted by molar-refractivity contribution is 5.72. The highest BCUT2D eigenvalue weighted by Crippen LogP contribution is 2.08. The summed E-state index contributed by atoms with van der Waals surface area (Å²) < 4.78 is 4.52. The molecular formula is C14H23NO2. The van der Waals surface area contributed by atoms with Crippen LogP contribution in [-0.2, 0) is 22.4 Å². The SMILES string of the molecule is CCc1ccccc1CC.COCNC(C)=O. The Labute approximate surface area is 104 Å².